The van der Waals surface area contributed by atoms with E-state index < -0.39 is 0 Å². The first kappa shape index (κ1) is 20.0. The predicted octanol–water partition coefficient (Wildman–Crippen LogP) is 3.23. The Morgan fingerprint density at radius 3 is 2.43 bits per heavy atom. The first-order valence-corrected chi connectivity index (χ1v) is 9.95. The number of hydrogen-bond donors (Lipinski definition) is 0. The first-order valence-electron chi connectivity index (χ1n) is 9.95. The van der Waals surface area contributed by atoms with Gasteiger partial charge in [-0.3, -0.25) is 9.69 Å². The second-order valence-electron chi connectivity index (χ2n) is 7.05. The van der Waals surface area contributed by atoms with Gasteiger partial charge in [-0.2, -0.15) is 4.98 Å². The maximum Gasteiger partial charge on any atom is 0.257 e. The lowest BCUT2D eigenvalue weighted by molar-refractivity contribution is 0.0624. The molecule has 0 bridgehead atoms. The van der Waals surface area contributed by atoms with Crippen LogP contribution in [0, 0.1) is 5.82 Å². The van der Waals surface area contributed by atoms with E-state index in [0.717, 1.165) is 18.8 Å². The van der Waals surface area contributed by atoms with E-state index in [4.69, 9.17) is 9.26 Å². The maximum absolute atomic E-state index is 13.1. The molecule has 3 aromatic rings. The number of rotatable bonds is 6. The molecule has 4 rings (SSSR count). The van der Waals surface area contributed by atoms with E-state index in [9.17, 15) is 9.18 Å². The van der Waals surface area contributed by atoms with E-state index in [0.29, 0.717) is 49.1 Å². The van der Waals surface area contributed by atoms with Crippen molar-refractivity contribution < 1.29 is 18.4 Å². The fourth-order valence-electron chi connectivity index (χ4n) is 3.38. The molecule has 1 aliphatic heterocycles. The van der Waals surface area contributed by atoms with Gasteiger partial charge in [0.2, 0.25) is 0 Å². The summed E-state index contributed by atoms with van der Waals surface area (Å²) < 4.78 is 23.8. The van der Waals surface area contributed by atoms with Crippen LogP contribution in [-0.2, 0) is 6.54 Å². The summed E-state index contributed by atoms with van der Waals surface area (Å²) in [4.78, 5) is 21.1. The van der Waals surface area contributed by atoms with Gasteiger partial charge in [0.05, 0.1) is 13.2 Å². The number of nitrogens with zero attached hydrogens (tertiary/aromatic N) is 4. The molecule has 0 radical (unpaired) electrons. The molecule has 2 aromatic carbocycles. The fourth-order valence-corrected chi connectivity index (χ4v) is 3.38. The highest BCUT2D eigenvalue weighted by Gasteiger charge is 2.23. The summed E-state index contributed by atoms with van der Waals surface area (Å²) in [6, 6.07) is 13.2. The molecule has 0 aliphatic carbocycles. The van der Waals surface area contributed by atoms with Gasteiger partial charge >= 0.3 is 0 Å². The van der Waals surface area contributed by atoms with E-state index in [1.54, 1.807) is 24.3 Å². The quantitative estimate of drug-likeness (QED) is 0.621. The van der Waals surface area contributed by atoms with Crippen LogP contribution in [0.25, 0.3) is 11.5 Å². The SMILES string of the molecule is CCOc1ccc(C(=O)N2CCN(Cc3noc(-c4ccc(F)cc4)n3)CC2)cc1. The lowest BCUT2D eigenvalue weighted by Crippen LogP contribution is -2.48. The highest BCUT2D eigenvalue weighted by Crippen LogP contribution is 2.19. The van der Waals surface area contributed by atoms with Crippen molar-refractivity contribution in [2.45, 2.75) is 13.5 Å². The number of hydrogen-bond acceptors (Lipinski definition) is 6. The Hall–Kier alpha value is -3.26. The van der Waals surface area contributed by atoms with Crippen LogP contribution in [-0.4, -0.2) is 58.6 Å². The summed E-state index contributed by atoms with van der Waals surface area (Å²) in [5.74, 6) is 1.42. The number of aromatic nitrogens is 2. The van der Waals surface area contributed by atoms with E-state index in [1.165, 1.54) is 12.1 Å². The zero-order valence-corrected chi connectivity index (χ0v) is 16.8. The van der Waals surface area contributed by atoms with Crippen molar-refractivity contribution in [3.8, 4) is 17.2 Å². The maximum atomic E-state index is 13.1. The van der Waals surface area contributed by atoms with Crippen molar-refractivity contribution in [3.05, 3.63) is 65.7 Å². The van der Waals surface area contributed by atoms with E-state index in [1.807, 2.05) is 24.0 Å². The number of carbonyl (C=O) groups is 1. The number of amides is 1. The topological polar surface area (TPSA) is 71.7 Å². The normalized spacial score (nSPS) is 14.7. The van der Waals surface area contributed by atoms with E-state index in [-0.39, 0.29) is 11.7 Å². The Morgan fingerprint density at radius 1 is 1.07 bits per heavy atom. The zero-order valence-electron chi connectivity index (χ0n) is 16.8. The van der Waals surface area contributed by atoms with Gasteiger partial charge in [-0.25, -0.2) is 4.39 Å². The molecular formula is C22H23FN4O3. The molecule has 1 aliphatic rings. The summed E-state index contributed by atoms with van der Waals surface area (Å²) in [6.45, 7) is 5.78. The number of carbonyl (C=O) groups excluding carboxylic acids is 1. The van der Waals surface area contributed by atoms with Gasteiger partial charge < -0.3 is 14.2 Å². The Bertz CT molecular complexity index is 980. The second kappa shape index (κ2) is 9.04. The van der Waals surface area contributed by atoms with Gasteiger partial charge in [0, 0.05) is 37.3 Å². The molecule has 0 saturated carbocycles. The van der Waals surface area contributed by atoms with Crippen LogP contribution in [0.1, 0.15) is 23.1 Å². The van der Waals surface area contributed by atoms with Crippen molar-refractivity contribution >= 4 is 5.91 Å². The minimum Gasteiger partial charge on any atom is -0.494 e. The molecule has 0 unspecified atom stereocenters. The molecular weight excluding hydrogens is 387 g/mol. The van der Waals surface area contributed by atoms with Gasteiger partial charge in [0.1, 0.15) is 11.6 Å². The van der Waals surface area contributed by atoms with Gasteiger partial charge in [-0.1, -0.05) is 5.16 Å². The third kappa shape index (κ3) is 4.65. The Labute approximate surface area is 174 Å². The van der Waals surface area contributed by atoms with Crippen LogP contribution in [0.15, 0.2) is 53.1 Å². The molecule has 1 aromatic heterocycles. The molecule has 0 spiro atoms. The lowest BCUT2D eigenvalue weighted by atomic mass is 10.1. The van der Waals surface area contributed by atoms with Crippen molar-refractivity contribution in [3.63, 3.8) is 0 Å². The van der Waals surface area contributed by atoms with Crippen LogP contribution < -0.4 is 4.74 Å². The minimum absolute atomic E-state index is 0.0239. The summed E-state index contributed by atoms with van der Waals surface area (Å²) in [6.07, 6.45) is 0. The molecule has 156 valence electrons. The summed E-state index contributed by atoms with van der Waals surface area (Å²) in [5.41, 5.74) is 1.34. The highest BCUT2D eigenvalue weighted by molar-refractivity contribution is 5.94. The van der Waals surface area contributed by atoms with Crippen LogP contribution in [0.3, 0.4) is 0 Å². The van der Waals surface area contributed by atoms with E-state index >= 15 is 0 Å². The van der Waals surface area contributed by atoms with Crippen molar-refractivity contribution in [2.24, 2.45) is 0 Å². The molecule has 30 heavy (non-hydrogen) atoms. The summed E-state index contributed by atoms with van der Waals surface area (Å²) in [5, 5.41) is 4.02. The van der Waals surface area contributed by atoms with Crippen LogP contribution >= 0.6 is 0 Å². The summed E-state index contributed by atoms with van der Waals surface area (Å²) in [7, 11) is 0. The van der Waals surface area contributed by atoms with Crippen molar-refractivity contribution in [2.75, 3.05) is 32.8 Å². The predicted molar refractivity (Wildman–Crippen MR) is 108 cm³/mol. The molecule has 1 fully saturated rings. The number of benzene rings is 2. The third-order valence-corrected chi connectivity index (χ3v) is 5.00. The third-order valence-electron chi connectivity index (χ3n) is 5.00. The minimum atomic E-state index is -0.309. The average Bonchev–Trinajstić information content (AvgIpc) is 3.23. The highest BCUT2D eigenvalue weighted by atomic mass is 19.1. The molecule has 7 nitrogen and oxygen atoms in total. The smallest absolute Gasteiger partial charge is 0.257 e. The Balaban J connectivity index is 1.30. The van der Waals surface area contributed by atoms with Gasteiger partial charge in [0.15, 0.2) is 5.82 Å². The molecule has 0 N–H and O–H groups in total. The number of ether oxygens (including phenoxy) is 1. The van der Waals surface area contributed by atoms with Gasteiger partial charge in [-0.05, 0) is 55.5 Å². The lowest BCUT2D eigenvalue weighted by Gasteiger charge is -2.34. The van der Waals surface area contributed by atoms with Gasteiger partial charge in [-0.15, -0.1) is 0 Å². The monoisotopic (exact) mass is 410 g/mol. The summed E-state index contributed by atoms with van der Waals surface area (Å²) >= 11 is 0. The molecule has 8 heteroatoms. The molecule has 2 heterocycles. The van der Waals surface area contributed by atoms with E-state index in [2.05, 4.69) is 15.0 Å². The largest absolute Gasteiger partial charge is 0.494 e. The second-order valence-corrected chi connectivity index (χ2v) is 7.05. The molecule has 1 saturated heterocycles. The Morgan fingerprint density at radius 2 is 1.77 bits per heavy atom. The first-order chi connectivity index (χ1) is 14.6. The fraction of sp³-hybridized carbons (Fsp3) is 0.318. The van der Waals surface area contributed by atoms with Crippen LogP contribution in [0.4, 0.5) is 4.39 Å². The van der Waals surface area contributed by atoms with Crippen LogP contribution in [0.5, 0.6) is 5.75 Å². The standard InChI is InChI=1S/C22H23FN4O3/c1-2-29-19-9-5-17(6-10-19)22(28)27-13-11-26(12-14-27)15-20-24-21(30-25-20)16-3-7-18(23)8-4-16/h3-10H,2,11-15H2,1H3. The van der Waals surface area contributed by atoms with Crippen LogP contribution in [0.2, 0.25) is 0 Å². The number of halogens is 1. The average molecular weight is 410 g/mol. The van der Waals surface area contributed by atoms with Crippen molar-refractivity contribution in [1.82, 2.24) is 19.9 Å². The zero-order chi connectivity index (χ0) is 20.9. The Kier molecular flexibility index (Phi) is 6.04. The molecule has 0 atom stereocenters. The van der Waals surface area contributed by atoms with Gasteiger partial charge in [0.25, 0.3) is 11.8 Å². The van der Waals surface area contributed by atoms with Crippen molar-refractivity contribution in [1.29, 1.82) is 0 Å². The number of piperazine rings is 1. The molecule has 1 amide bonds.